The van der Waals surface area contributed by atoms with Crippen molar-refractivity contribution in [2.45, 2.75) is 70.8 Å². The van der Waals surface area contributed by atoms with E-state index in [4.69, 9.17) is 4.74 Å². The predicted molar refractivity (Wildman–Crippen MR) is 128 cm³/mol. The second-order valence-electron chi connectivity index (χ2n) is 10.9. The van der Waals surface area contributed by atoms with Crippen molar-refractivity contribution in [3.63, 3.8) is 0 Å². The highest BCUT2D eigenvalue weighted by atomic mass is 19.1. The molecule has 7 nitrogen and oxygen atoms in total. The second-order valence-corrected chi connectivity index (χ2v) is 10.9. The summed E-state index contributed by atoms with van der Waals surface area (Å²) in [5.74, 6) is 0.362. The number of aryl methyl sites for hydroxylation is 1. The van der Waals surface area contributed by atoms with E-state index in [1.807, 2.05) is 39.2 Å². The first kappa shape index (κ1) is 22.8. The van der Waals surface area contributed by atoms with Crippen molar-refractivity contribution < 1.29 is 14.2 Å². The van der Waals surface area contributed by atoms with Gasteiger partial charge in [0.05, 0.1) is 22.6 Å². The number of fused-ring (bicyclic) bond motifs is 2. The van der Waals surface area contributed by atoms with Crippen LogP contribution in [0.15, 0.2) is 42.6 Å². The van der Waals surface area contributed by atoms with Gasteiger partial charge < -0.3 is 9.84 Å². The molecule has 0 saturated carbocycles. The molecule has 1 N–H and O–H groups in total. The van der Waals surface area contributed by atoms with Crippen LogP contribution in [0.2, 0.25) is 0 Å². The molecular weight excluding hydrogens is 433 g/mol. The van der Waals surface area contributed by atoms with Gasteiger partial charge >= 0.3 is 0 Å². The largest absolute Gasteiger partial charge is 0.507 e. The zero-order valence-corrected chi connectivity index (χ0v) is 20.6. The number of aromatic nitrogens is 4. The van der Waals surface area contributed by atoms with E-state index in [1.54, 1.807) is 28.9 Å². The van der Waals surface area contributed by atoms with Crippen LogP contribution >= 0.6 is 0 Å². The van der Waals surface area contributed by atoms with Crippen LogP contribution in [0.1, 0.15) is 46.2 Å². The van der Waals surface area contributed by atoms with Crippen molar-refractivity contribution in [1.82, 2.24) is 24.9 Å². The third-order valence-corrected chi connectivity index (χ3v) is 8.44. The molecule has 0 aliphatic carbocycles. The molecule has 2 aliphatic rings. The van der Waals surface area contributed by atoms with Gasteiger partial charge in [0.1, 0.15) is 11.9 Å². The Morgan fingerprint density at radius 3 is 2.47 bits per heavy atom. The minimum Gasteiger partial charge on any atom is -0.507 e. The van der Waals surface area contributed by atoms with Gasteiger partial charge in [-0.05, 0) is 63.9 Å². The van der Waals surface area contributed by atoms with Crippen LogP contribution in [0.5, 0.6) is 11.6 Å². The molecule has 0 amide bonds. The van der Waals surface area contributed by atoms with Crippen molar-refractivity contribution in [3.05, 3.63) is 48.3 Å². The van der Waals surface area contributed by atoms with E-state index < -0.39 is 17.8 Å². The maximum Gasteiger partial charge on any atom is 0.233 e. The summed E-state index contributed by atoms with van der Waals surface area (Å²) in [7, 11) is 2.03. The average Bonchev–Trinajstić information content (AvgIpc) is 3.26. The minimum absolute atomic E-state index is 0.0347. The monoisotopic (exact) mass is 465 g/mol. The lowest BCUT2D eigenvalue weighted by Crippen LogP contribution is -2.65. The molecule has 2 aromatic heterocycles. The van der Waals surface area contributed by atoms with E-state index in [0.717, 1.165) is 17.8 Å². The number of alkyl halides is 1. The van der Waals surface area contributed by atoms with E-state index in [9.17, 15) is 5.11 Å². The summed E-state index contributed by atoms with van der Waals surface area (Å²) >= 11 is 0. The lowest BCUT2D eigenvalue weighted by atomic mass is 9.72. The van der Waals surface area contributed by atoms with Gasteiger partial charge in [-0.1, -0.05) is 13.8 Å². The molecule has 1 aromatic carbocycles. The van der Waals surface area contributed by atoms with Crippen LogP contribution in [-0.2, 0) is 0 Å². The number of benzene rings is 1. The van der Waals surface area contributed by atoms with E-state index >= 15 is 4.39 Å². The molecular formula is C26H32FN5O2. The molecule has 180 valence electrons. The van der Waals surface area contributed by atoms with E-state index in [0.29, 0.717) is 17.7 Å². The number of halogens is 1. The summed E-state index contributed by atoms with van der Waals surface area (Å²) in [5.41, 5.74) is 1.90. The molecule has 0 radical (unpaired) electrons. The predicted octanol–water partition coefficient (Wildman–Crippen LogP) is 4.71. The van der Waals surface area contributed by atoms with Crippen molar-refractivity contribution in [1.29, 1.82) is 0 Å². The topological polar surface area (TPSA) is 76.3 Å². The molecule has 2 aliphatic heterocycles. The Morgan fingerprint density at radius 1 is 1.09 bits per heavy atom. The van der Waals surface area contributed by atoms with Crippen molar-refractivity contribution in [2.75, 3.05) is 7.05 Å². The summed E-state index contributed by atoms with van der Waals surface area (Å²) in [6.07, 6.45) is 1.44. The van der Waals surface area contributed by atoms with Crippen molar-refractivity contribution >= 4 is 0 Å². The fraction of sp³-hybridized carbons (Fsp3) is 0.500. The molecule has 0 spiro atoms. The summed E-state index contributed by atoms with van der Waals surface area (Å²) in [6, 6.07) is 10.6. The van der Waals surface area contributed by atoms with Crippen LogP contribution in [0.4, 0.5) is 4.39 Å². The second kappa shape index (κ2) is 7.50. The third-order valence-electron chi connectivity index (χ3n) is 8.44. The zero-order valence-electron chi connectivity index (χ0n) is 20.6. The van der Waals surface area contributed by atoms with Gasteiger partial charge in [-0.3, -0.25) is 4.90 Å². The summed E-state index contributed by atoms with van der Waals surface area (Å²) in [4.78, 5) is 2.20. The minimum atomic E-state index is -1.14. The fourth-order valence-corrected chi connectivity index (χ4v) is 6.03. The van der Waals surface area contributed by atoms with Gasteiger partial charge in [-0.15, -0.1) is 10.2 Å². The fourth-order valence-electron chi connectivity index (χ4n) is 6.03. The first-order valence-corrected chi connectivity index (χ1v) is 11.7. The van der Waals surface area contributed by atoms with E-state index in [-0.39, 0.29) is 22.6 Å². The summed E-state index contributed by atoms with van der Waals surface area (Å²) < 4.78 is 23.5. The smallest absolute Gasteiger partial charge is 0.233 e. The van der Waals surface area contributed by atoms with Crippen LogP contribution in [0, 0.1) is 12.3 Å². The number of rotatable bonds is 4. The molecule has 2 bridgehead atoms. The Balaban J connectivity index is 1.35. The van der Waals surface area contributed by atoms with Crippen LogP contribution < -0.4 is 4.74 Å². The molecule has 5 rings (SSSR count). The number of ether oxygens (including phenoxy) is 1. The molecule has 8 heteroatoms. The van der Waals surface area contributed by atoms with Gasteiger partial charge in [0.2, 0.25) is 5.88 Å². The van der Waals surface area contributed by atoms with E-state index in [1.165, 1.54) is 0 Å². The number of hydrogen-bond acceptors (Lipinski definition) is 6. The lowest BCUT2D eigenvalue weighted by Gasteiger charge is -2.52. The van der Waals surface area contributed by atoms with Gasteiger partial charge in [-0.2, -0.15) is 5.10 Å². The first-order chi connectivity index (χ1) is 15.9. The number of piperidine rings is 1. The van der Waals surface area contributed by atoms with Crippen molar-refractivity contribution in [3.8, 4) is 28.6 Å². The van der Waals surface area contributed by atoms with Crippen LogP contribution in [-0.4, -0.2) is 60.4 Å². The molecule has 4 atom stereocenters. The number of hydrogen-bond donors (Lipinski definition) is 1. The maximum absolute atomic E-state index is 15.7. The first-order valence-electron chi connectivity index (χ1n) is 11.7. The molecule has 2 saturated heterocycles. The van der Waals surface area contributed by atoms with Gasteiger partial charge in [0.15, 0.2) is 6.17 Å². The van der Waals surface area contributed by atoms with Gasteiger partial charge in [0.25, 0.3) is 0 Å². The number of phenols is 1. The zero-order chi connectivity index (χ0) is 24.5. The van der Waals surface area contributed by atoms with Gasteiger partial charge in [0, 0.05) is 35.9 Å². The number of aromatic hydroxyl groups is 1. The normalized spacial score (nSPS) is 30.4. The average molecular weight is 466 g/mol. The Labute approximate surface area is 199 Å². The highest BCUT2D eigenvalue weighted by molar-refractivity contribution is 5.68. The highest BCUT2D eigenvalue weighted by Crippen LogP contribution is 2.60. The summed E-state index contributed by atoms with van der Waals surface area (Å²) in [6.45, 7) is 10.5. The molecule has 3 aromatic rings. The third kappa shape index (κ3) is 3.30. The Kier molecular flexibility index (Phi) is 5.02. The number of nitrogens with zero attached hydrogens (tertiary/aromatic N) is 5. The van der Waals surface area contributed by atoms with Crippen LogP contribution in [0.25, 0.3) is 16.9 Å². The number of phenolic OH excluding ortho intramolecular Hbond substituents is 1. The van der Waals surface area contributed by atoms with Crippen LogP contribution in [0.3, 0.4) is 0 Å². The Hall–Kier alpha value is -3.00. The molecule has 2 fully saturated rings. The highest BCUT2D eigenvalue weighted by Gasteiger charge is 2.67. The Morgan fingerprint density at radius 2 is 1.85 bits per heavy atom. The molecule has 4 heterocycles. The maximum atomic E-state index is 15.7. The Bertz CT molecular complexity index is 1230. The standard InChI is InChI=1S/C26H32FN5O2/c1-16-11-12-32(30-16)17-7-8-18(20(33)13-17)19-9-10-22(29-28-19)34-21-14-26(5)24(2,3)15-25(4,23(21)27)31(26)6/h7-13,21,23,33H,14-15H2,1-6H3. The summed E-state index contributed by atoms with van der Waals surface area (Å²) in [5, 5.41) is 23.4. The molecule has 34 heavy (non-hydrogen) atoms. The quantitative estimate of drug-likeness (QED) is 0.601. The molecule has 4 unspecified atom stereocenters. The SMILES string of the molecule is Cc1ccn(-c2ccc(-c3ccc(OC4CC5(C)N(C)C(C)(CC5(C)C)C4F)nn3)c(O)c2)n1. The van der Waals surface area contributed by atoms with Gasteiger partial charge in [-0.25, -0.2) is 9.07 Å². The van der Waals surface area contributed by atoms with E-state index in [2.05, 4.69) is 41.0 Å². The van der Waals surface area contributed by atoms with Crippen molar-refractivity contribution in [2.24, 2.45) is 5.41 Å². The lowest BCUT2D eigenvalue weighted by molar-refractivity contribution is -0.0986.